The first-order valence-electron chi connectivity index (χ1n) is 3.65. The number of hydrogen-bond donors (Lipinski definition) is 1. The monoisotopic (exact) mass is 220 g/mol. The van der Waals surface area contributed by atoms with Crippen molar-refractivity contribution in [1.29, 1.82) is 0 Å². The van der Waals surface area contributed by atoms with Gasteiger partial charge in [-0.25, -0.2) is 0 Å². The van der Waals surface area contributed by atoms with E-state index in [1.54, 1.807) is 0 Å². The standard InChI is InChI=1S/C8H13BrO2/c1-2-3-4-7(6-9)5-8(10)11/h3-4,7H,2,5-6H2,1H3,(H,10,11). The Kier molecular flexibility index (Phi) is 6.22. The van der Waals surface area contributed by atoms with Gasteiger partial charge in [-0.15, -0.1) is 0 Å². The zero-order chi connectivity index (χ0) is 8.69. The third kappa shape index (κ3) is 6.10. The third-order valence-corrected chi connectivity index (χ3v) is 2.11. The molecule has 0 aliphatic heterocycles. The first kappa shape index (κ1) is 10.7. The molecule has 0 spiro atoms. The lowest BCUT2D eigenvalue weighted by atomic mass is 10.1. The molecule has 0 amide bonds. The summed E-state index contributed by atoms with van der Waals surface area (Å²) < 4.78 is 0. The Balaban J connectivity index is 3.75. The molecule has 64 valence electrons. The Morgan fingerprint density at radius 2 is 2.36 bits per heavy atom. The van der Waals surface area contributed by atoms with E-state index in [2.05, 4.69) is 15.9 Å². The molecule has 0 rings (SSSR count). The molecule has 0 aromatic heterocycles. The lowest BCUT2D eigenvalue weighted by Crippen LogP contribution is -2.06. The Labute approximate surface area is 75.4 Å². The van der Waals surface area contributed by atoms with Crippen molar-refractivity contribution < 1.29 is 9.90 Å². The minimum absolute atomic E-state index is 0.132. The number of carbonyl (C=O) groups is 1. The van der Waals surface area contributed by atoms with E-state index in [-0.39, 0.29) is 12.3 Å². The molecule has 0 aromatic rings. The molecule has 1 atom stereocenters. The predicted octanol–water partition coefficient (Wildman–Crippen LogP) is 2.44. The average Bonchev–Trinajstić information content (AvgIpc) is 1.97. The quantitative estimate of drug-likeness (QED) is 0.571. The fourth-order valence-electron chi connectivity index (χ4n) is 0.727. The van der Waals surface area contributed by atoms with Gasteiger partial charge in [-0.05, 0) is 12.3 Å². The van der Waals surface area contributed by atoms with E-state index in [0.717, 1.165) is 11.8 Å². The summed E-state index contributed by atoms with van der Waals surface area (Å²) in [5, 5.41) is 9.18. The zero-order valence-electron chi connectivity index (χ0n) is 6.59. The molecule has 0 heterocycles. The zero-order valence-corrected chi connectivity index (χ0v) is 8.17. The van der Waals surface area contributed by atoms with Crippen LogP contribution in [0.4, 0.5) is 0 Å². The molecule has 0 radical (unpaired) electrons. The maximum Gasteiger partial charge on any atom is 0.303 e. The average molecular weight is 221 g/mol. The maximum atomic E-state index is 10.3. The summed E-state index contributed by atoms with van der Waals surface area (Å²) in [6.45, 7) is 2.03. The van der Waals surface area contributed by atoms with Crippen LogP contribution in [0, 0.1) is 5.92 Å². The van der Waals surface area contributed by atoms with Gasteiger partial charge in [0.05, 0.1) is 6.42 Å². The van der Waals surface area contributed by atoms with Crippen LogP contribution in [0.25, 0.3) is 0 Å². The largest absolute Gasteiger partial charge is 0.481 e. The van der Waals surface area contributed by atoms with Gasteiger partial charge in [0, 0.05) is 5.33 Å². The topological polar surface area (TPSA) is 37.3 Å². The van der Waals surface area contributed by atoms with Crippen LogP contribution in [0.1, 0.15) is 19.8 Å². The van der Waals surface area contributed by atoms with Crippen molar-refractivity contribution in [2.75, 3.05) is 5.33 Å². The summed E-state index contributed by atoms with van der Waals surface area (Å²) in [5.74, 6) is -0.609. The number of carboxylic acids is 1. The highest BCUT2D eigenvalue weighted by Gasteiger charge is 2.06. The van der Waals surface area contributed by atoms with E-state index in [0.29, 0.717) is 0 Å². The predicted molar refractivity (Wildman–Crippen MR) is 49.0 cm³/mol. The Hall–Kier alpha value is -0.310. The second kappa shape index (κ2) is 6.40. The molecule has 0 bridgehead atoms. The minimum Gasteiger partial charge on any atom is -0.481 e. The smallest absolute Gasteiger partial charge is 0.303 e. The van der Waals surface area contributed by atoms with Gasteiger partial charge >= 0.3 is 5.97 Å². The van der Waals surface area contributed by atoms with Crippen molar-refractivity contribution in [3.05, 3.63) is 12.2 Å². The van der Waals surface area contributed by atoms with Gasteiger partial charge in [0.25, 0.3) is 0 Å². The van der Waals surface area contributed by atoms with Crippen LogP contribution < -0.4 is 0 Å². The third-order valence-electron chi connectivity index (χ3n) is 1.28. The molecular weight excluding hydrogens is 208 g/mol. The maximum absolute atomic E-state index is 10.3. The molecule has 0 saturated carbocycles. The first-order valence-corrected chi connectivity index (χ1v) is 4.77. The van der Waals surface area contributed by atoms with E-state index in [9.17, 15) is 4.79 Å². The van der Waals surface area contributed by atoms with E-state index in [1.807, 2.05) is 19.1 Å². The van der Waals surface area contributed by atoms with E-state index >= 15 is 0 Å². The summed E-state index contributed by atoms with van der Waals surface area (Å²) in [7, 11) is 0. The molecular formula is C8H13BrO2. The number of allylic oxidation sites excluding steroid dienone is 2. The Bertz CT molecular complexity index is 143. The van der Waals surface area contributed by atoms with Crippen molar-refractivity contribution in [3.63, 3.8) is 0 Å². The summed E-state index contributed by atoms with van der Waals surface area (Å²) in [6, 6.07) is 0. The summed E-state index contributed by atoms with van der Waals surface area (Å²) in [5.41, 5.74) is 0. The lowest BCUT2D eigenvalue weighted by molar-refractivity contribution is -0.137. The van der Waals surface area contributed by atoms with Crippen molar-refractivity contribution in [3.8, 4) is 0 Å². The molecule has 0 aromatic carbocycles. The van der Waals surface area contributed by atoms with Crippen molar-refractivity contribution in [2.24, 2.45) is 5.92 Å². The molecule has 0 aliphatic rings. The van der Waals surface area contributed by atoms with Crippen molar-refractivity contribution >= 4 is 21.9 Å². The summed E-state index contributed by atoms with van der Waals surface area (Å²) in [6.07, 6.45) is 5.11. The van der Waals surface area contributed by atoms with E-state index in [4.69, 9.17) is 5.11 Å². The van der Waals surface area contributed by atoms with Gasteiger partial charge in [0.1, 0.15) is 0 Å². The van der Waals surface area contributed by atoms with Crippen LogP contribution in [0.15, 0.2) is 12.2 Å². The van der Waals surface area contributed by atoms with Gasteiger partial charge in [0.2, 0.25) is 0 Å². The molecule has 3 heteroatoms. The SMILES string of the molecule is CCC=CC(CBr)CC(=O)O. The van der Waals surface area contributed by atoms with Gasteiger partial charge < -0.3 is 5.11 Å². The normalized spacial score (nSPS) is 13.6. The highest BCUT2D eigenvalue weighted by molar-refractivity contribution is 9.09. The highest BCUT2D eigenvalue weighted by Crippen LogP contribution is 2.08. The van der Waals surface area contributed by atoms with Crippen LogP contribution in [0.2, 0.25) is 0 Å². The Morgan fingerprint density at radius 1 is 1.73 bits per heavy atom. The number of alkyl halides is 1. The van der Waals surface area contributed by atoms with Gasteiger partial charge in [-0.1, -0.05) is 35.0 Å². The van der Waals surface area contributed by atoms with Crippen LogP contribution in [0.3, 0.4) is 0 Å². The summed E-state index contributed by atoms with van der Waals surface area (Å²) in [4.78, 5) is 10.3. The number of rotatable bonds is 5. The minimum atomic E-state index is -0.741. The van der Waals surface area contributed by atoms with Gasteiger partial charge in [-0.3, -0.25) is 4.79 Å². The molecule has 0 saturated heterocycles. The molecule has 11 heavy (non-hydrogen) atoms. The van der Waals surface area contributed by atoms with Gasteiger partial charge in [-0.2, -0.15) is 0 Å². The molecule has 2 nitrogen and oxygen atoms in total. The molecule has 1 unspecified atom stereocenters. The molecule has 0 aliphatic carbocycles. The van der Waals surface area contributed by atoms with E-state index < -0.39 is 5.97 Å². The highest BCUT2D eigenvalue weighted by atomic mass is 79.9. The first-order chi connectivity index (χ1) is 5.20. The summed E-state index contributed by atoms with van der Waals surface area (Å²) >= 11 is 3.26. The lowest BCUT2D eigenvalue weighted by Gasteiger charge is -2.03. The fraction of sp³-hybridized carbons (Fsp3) is 0.625. The van der Waals surface area contributed by atoms with Crippen LogP contribution in [-0.4, -0.2) is 16.4 Å². The number of aliphatic carboxylic acids is 1. The van der Waals surface area contributed by atoms with Crippen molar-refractivity contribution in [2.45, 2.75) is 19.8 Å². The number of carboxylic acid groups (broad SMARTS) is 1. The molecule has 1 N–H and O–H groups in total. The van der Waals surface area contributed by atoms with Crippen LogP contribution in [0.5, 0.6) is 0 Å². The second-order valence-electron chi connectivity index (χ2n) is 2.35. The fourth-order valence-corrected chi connectivity index (χ4v) is 1.17. The molecule has 0 fully saturated rings. The number of halogens is 1. The second-order valence-corrected chi connectivity index (χ2v) is 3.00. The van der Waals surface area contributed by atoms with Gasteiger partial charge in [0.15, 0.2) is 0 Å². The van der Waals surface area contributed by atoms with E-state index in [1.165, 1.54) is 0 Å². The van der Waals surface area contributed by atoms with Crippen LogP contribution in [-0.2, 0) is 4.79 Å². The number of hydrogen-bond acceptors (Lipinski definition) is 1. The van der Waals surface area contributed by atoms with Crippen molar-refractivity contribution in [1.82, 2.24) is 0 Å². The Morgan fingerprint density at radius 3 is 2.73 bits per heavy atom. The van der Waals surface area contributed by atoms with Crippen LogP contribution >= 0.6 is 15.9 Å².